The van der Waals surface area contributed by atoms with Gasteiger partial charge < -0.3 is 4.57 Å². The minimum atomic E-state index is 0.952. The van der Waals surface area contributed by atoms with Crippen LogP contribution in [0.25, 0.3) is 113 Å². The van der Waals surface area contributed by atoms with Gasteiger partial charge in [0.2, 0.25) is 0 Å². The molecule has 0 N–H and O–H groups in total. The molecular weight excluding hydrogens is 729 g/mol. The SMILES string of the molecule is c1ccc(-c2ccc(-c3cc(-c4cccc5c4sc4ccccc45)cc(-c4ccc(-n5c6ccccc6c6c7c(ccc65)sc5ccccc57)cc4)n3)cc2)cc1. The number of nitrogens with zero attached hydrogens (tertiary/aromatic N) is 2. The van der Waals surface area contributed by atoms with Crippen molar-refractivity contribution in [2.24, 2.45) is 0 Å². The summed E-state index contributed by atoms with van der Waals surface area (Å²) in [6.45, 7) is 0. The molecule has 0 atom stereocenters. The summed E-state index contributed by atoms with van der Waals surface area (Å²) in [5, 5.41) is 7.86. The average molecular weight is 761 g/mol. The number of benzene rings is 8. The molecule has 0 amide bonds. The molecule has 266 valence electrons. The normalized spacial score (nSPS) is 11.9. The van der Waals surface area contributed by atoms with Crippen LogP contribution >= 0.6 is 22.7 Å². The fourth-order valence-corrected chi connectivity index (χ4v) is 11.1. The second-order valence-electron chi connectivity index (χ2n) is 14.7. The van der Waals surface area contributed by atoms with Crippen LogP contribution in [0.5, 0.6) is 0 Å². The summed E-state index contributed by atoms with van der Waals surface area (Å²) >= 11 is 3.74. The molecule has 0 fully saturated rings. The topological polar surface area (TPSA) is 17.8 Å². The largest absolute Gasteiger partial charge is 0.309 e. The summed E-state index contributed by atoms with van der Waals surface area (Å²) < 4.78 is 7.68. The molecular formula is C53H32N2S2. The first-order chi connectivity index (χ1) is 28.2. The molecule has 0 aliphatic rings. The lowest BCUT2D eigenvalue weighted by Gasteiger charge is -2.13. The summed E-state index contributed by atoms with van der Waals surface area (Å²) in [6, 6.07) is 70.6. The smallest absolute Gasteiger partial charge is 0.0715 e. The third-order valence-electron chi connectivity index (χ3n) is 11.4. The van der Waals surface area contributed by atoms with Crippen LogP contribution in [0.15, 0.2) is 194 Å². The molecule has 4 heteroatoms. The lowest BCUT2D eigenvalue weighted by molar-refractivity contribution is 1.18. The van der Waals surface area contributed by atoms with Crippen molar-refractivity contribution < 1.29 is 0 Å². The Bertz CT molecular complexity index is 3500. The minimum Gasteiger partial charge on any atom is -0.309 e. The summed E-state index contributed by atoms with van der Waals surface area (Å²) in [5.41, 5.74) is 12.4. The van der Waals surface area contributed by atoms with Gasteiger partial charge in [-0.15, -0.1) is 22.7 Å². The Morgan fingerprint density at radius 1 is 0.351 bits per heavy atom. The Kier molecular flexibility index (Phi) is 7.31. The van der Waals surface area contributed by atoms with E-state index >= 15 is 0 Å². The van der Waals surface area contributed by atoms with Crippen LogP contribution < -0.4 is 0 Å². The fraction of sp³-hybridized carbons (Fsp3) is 0. The summed E-state index contributed by atoms with van der Waals surface area (Å²) in [5.74, 6) is 0. The summed E-state index contributed by atoms with van der Waals surface area (Å²) in [6.07, 6.45) is 0. The number of para-hydroxylation sites is 1. The van der Waals surface area contributed by atoms with Crippen molar-refractivity contribution in [3.63, 3.8) is 0 Å². The number of hydrogen-bond donors (Lipinski definition) is 0. The number of pyridine rings is 1. The van der Waals surface area contributed by atoms with E-state index in [9.17, 15) is 0 Å². The molecule has 0 unspecified atom stereocenters. The molecule has 0 bridgehead atoms. The minimum absolute atomic E-state index is 0.952. The first-order valence-corrected chi connectivity index (χ1v) is 20.9. The van der Waals surface area contributed by atoms with Gasteiger partial charge in [-0.25, -0.2) is 4.98 Å². The van der Waals surface area contributed by atoms with E-state index in [0.717, 1.165) is 33.8 Å². The molecule has 0 aliphatic carbocycles. The van der Waals surface area contributed by atoms with Gasteiger partial charge in [-0.2, -0.15) is 0 Å². The van der Waals surface area contributed by atoms with Gasteiger partial charge in [-0.3, -0.25) is 0 Å². The van der Waals surface area contributed by atoms with Gasteiger partial charge in [-0.05, 0) is 76.9 Å². The van der Waals surface area contributed by atoms with Crippen LogP contribution in [0.2, 0.25) is 0 Å². The Hall–Kier alpha value is -6.85. The van der Waals surface area contributed by atoms with Crippen molar-refractivity contribution in [1.29, 1.82) is 0 Å². The van der Waals surface area contributed by atoms with Crippen molar-refractivity contribution in [2.75, 3.05) is 0 Å². The zero-order chi connectivity index (χ0) is 37.5. The summed E-state index contributed by atoms with van der Waals surface area (Å²) in [7, 11) is 0. The van der Waals surface area contributed by atoms with E-state index in [1.807, 2.05) is 22.7 Å². The van der Waals surface area contributed by atoms with Crippen LogP contribution in [-0.2, 0) is 0 Å². The fourth-order valence-electron chi connectivity index (χ4n) is 8.75. The molecule has 0 radical (unpaired) electrons. The Morgan fingerprint density at radius 3 is 1.72 bits per heavy atom. The average Bonchev–Trinajstić information content (AvgIpc) is 3.96. The van der Waals surface area contributed by atoms with Gasteiger partial charge in [0.1, 0.15) is 0 Å². The zero-order valence-corrected chi connectivity index (χ0v) is 32.3. The van der Waals surface area contributed by atoms with E-state index in [0.29, 0.717) is 0 Å². The molecule has 12 aromatic rings. The monoisotopic (exact) mass is 760 g/mol. The lowest BCUT2D eigenvalue weighted by atomic mass is 9.97. The highest BCUT2D eigenvalue weighted by Gasteiger charge is 2.19. The van der Waals surface area contributed by atoms with E-state index in [1.165, 1.54) is 78.8 Å². The van der Waals surface area contributed by atoms with Crippen molar-refractivity contribution in [3.05, 3.63) is 194 Å². The molecule has 4 heterocycles. The Morgan fingerprint density at radius 2 is 0.947 bits per heavy atom. The van der Waals surface area contributed by atoms with E-state index in [4.69, 9.17) is 4.98 Å². The molecule has 0 spiro atoms. The second kappa shape index (κ2) is 12.9. The highest BCUT2D eigenvalue weighted by molar-refractivity contribution is 7.26. The Labute approximate surface area is 337 Å². The molecule has 8 aromatic carbocycles. The Balaban J connectivity index is 1.02. The lowest BCUT2D eigenvalue weighted by Crippen LogP contribution is -1.95. The van der Waals surface area contributed by atoms with Crippen molar-refractivity contribution in [2.45, 2.75) is 0 Å². The zero-order valence-electron chi connectivity index (χ0n) is 30.7. The van der Waals surface area contributed by atoms with E-state index in [-0.39, 0.29) is 0 Å². The van der Waals surface area contributed by atoms with Crippen molar-refractivity contribution >= 4 is 84.8 Å². The number of fused-ring (bicyclic) bond motifs is 10. The summed E-state index contributed by atoms with van der Waals surface area (Å²) in [4.78, 5) is 5.37. The van der Waals surface area contributed by atoms with Crippen LogP contribution in [0, 0.1) is 0 Å². The number of hydrogen-bond acceptors (Lipinski definition) is 3. The third kappa shape index (κ3) is 5.19. The van der Waals surface area contributed by atoms with Crippen LogP contribution in [0.1, 0.15) is 0 Å². The molecule has 2 nitrogen and oxygen atoms in total. The molecule has 12 rings (SSSR count). The predicted molar refractivity (Wildman–Crippen MR) is 246 cm³/mol. The maximum Gasteiger partial charge on any atom is 0.0715 e. The van der Waals surface area contributed by atoms with Crippen molar-refractivity contribution in [3.8, 4) is 50.5 Å². The van der Waals surface area contributed by atoms with Gasteiger partial charge in [0, 0.05) is 67.9 Å². The standard InChI is InChI=1S/C53H32N2S2/c1-2-11-33(12-3-1)34-21-23-35(24-22-34)44-31-37(39-16-10-17-41-40-13-5-8-19-48(40)57-53(39)41)32-45(54-44)36-25-27-38(28-26-36)55-46-18-7-4-14-42(46)51-47(55)29-30-50-52(51)43-15-6-9-20-49(43)56-50/h1-32H. The van der Waals surface area contributed by atoms with E-state index < -0.39 is 0 Å². The maximum absolute atomic E-state index is 5.37. The molecule has 0 saturated carbocycles. The van der Waals surface area contributed by atoms with Gasteiger partial charge >= 0.3 is 0 Å². The van der Waals surface area contributed by atoms with Crippen LogP contribution in [-0.4, -0.2) is 9.55 Å². The predicted octanol–water partition coefficient (Wildman–Crippen LogP) is 15.6. The highest BCUT2D eigenvalue weighted by atomic mass is 32.1. The second-order valence-corrected chi connectivity index (χ2v) is 16.8. The highest BCUT2D eigenvalue weighted by Crippen LogP contribution is 2.44. The molecule has 57 heavy (non-hydrogen) atoms. The maximum atomic E-state index is 5.37. The quantitative estimate of drug-likeness (QED) is 0.171. The number of thiophene rings is 2. The number of aromatic nitrogens is 2. The van der Waals surface area contributed by atoms with Gasteiger partial charge in [0.25, 0.3) is 0 Å². The first-order valence-electron chi connectivity index (χ1n) is 19.3. The molecule has 0 saturated heterocycles. The van der Waals surface area contributed by atoms with E-state index in [2.05, 4.69) is 199 Å². The van der Waals surface area contributed by atoms with Gasteiger partial charge in [0.15, 0.2) is 0 Å². The van der Waals surface area contributed by atoms with E-state index in [1.54, 1.807) is 0 Å². The van der Waals surface area contributed by atoms with Gasteiger partial charge in [-0.1, -0.05) is 140 Å². The number of rotatable bonds is 5. The third-order valence-corrected chi connectivity index (χ3v) is 13.8. The molecule has 0 aliphatic heterocycles. The first kappa shape index (κ1) is 32.4. The van der Waals surface area contributed by atoms with Crippen LogP contribution in [0.3, 0.4) is 0 Å². The van der Waals surface area contributed by atoms with Crippen LogP contribution in [0.4, 0.5) is 0 Å². The van der Waals surface area contributed by atoms with Crippen molar-refractivity contribution in [1.82, 2.24) is 9.55 Å². The van der Waals surface area contributed by atoms with Gasteiger partial charge in [0.05, 0.1) is 22.4 Å². The molecule has 4 aromatic heterocycles.